The van der Waals surface area contributed by atoms with Gasteiger partial charge in [-0.25, -0.2) is 9.36 Å². The van der Waals surface area contributed by atoms with Crippen molar-refractivity contribution in [2.45, 2.75) is 0 Å². The molecule has 0 unspecified atom stereocenters. The second-order valence-corrected chi connectivity index (χ2v) is 5.36. The van der Waals surface area contributed by atoms with Crippen molar-refractivity contribution in [1.82, 2.24) is 8.97 Å². The highest BCUT2D eigenvalue weighted by atomic mass is 35.5. The first-order valence-electron chi connectivity index (χ1n) is 6.56. The van der Waals surface area contributed by atoms with E-state index in [1.165, 1.54) is 0 Å². The molecular formula is C16H9ClN2O3. The summed E-state index contributed by atoms with van der Waals surface area (Å²) < 4.78 is 2.45. The van der Waals surface area contributed by atoms with E-state index in [0.717, 1.165) is 15.5 Å². The molecule has 108 valence electrons. The smallest absolute Gasteiger partial charge is 0.419 e. The van der Waals surface area contributed by atoms with Gasteiger partial charge in [-0.05, 0) is 24.3 Å². The van der Waals surface area contributed by atoms with Crippen LogP contribution in [0.5, 0.6) is 0 Å². The lowest BCUT2D eigenvalue weighted by molar-refractivity contribution is 0.196. The Kier molecular flexibility index (Phi) is 2.55. The van der Waals surface area contributed by atoms with Crippen molar-refractivity contribution in [3.05, 3.63) is 63.9 Å². The van der Waals surface area contributed by atoms with Crippen molar-refractivity contribution in [1.29, 1.82) is 0 Å². The molecule has 0 saturated heterocycles. The Hall–Kier alpha value is -2.79. The van der Waals surface area contributed by atoms with Crippen molar-refractivity contribution in [2.24, 2.45) is 0 Å². The summed E-state index contributed by atoms with van der Waals surface area (Å²) in [5.41, 5.74) is 1.27. The van der Waals surface area contributed by atoms with Crippen molar-refractivity contribution in [3.63, 3.8) is 0 Å². The molecule has 0 amide bonds. The topological polar surface area (TPSA) is 63.7 Å². The number of halogens is 1. The molecule has 4 rings (SSSR count). The minimum absolute atomic E-state index is 0.263. The van der Waals surface area contributed by atoms with Crippen LogP contribution in [0.3, 0.4) is 0 Å². The number of aromatic nitrogens is 2. The van der Waals surface area contributed by atoms with Gasteiger partial charge < -0.3 is 9.51 Å². The molecule has 0 bridgehead atoms. The molecule has 4 aromatic rings. The van der Waals surface area contributed by atoms with Gasteiger partial charge in [-0.2, -0.15) is 0 Å². The van der Waals surface area contributed by atoms with E-state index in [0.29, 0.717) is 10.5 Å². The summed E-state index contributed by atoms with van der Waals surface area (Å²) in [6, 6.07) is 14.0. The van der Waals surface area contributed by atoms with Crippen LogP contribution in [0.4, 0.5) is 4.79 Å². The van der Waals surface area contributed by atoms with Crippen LogP contribution in [0.2, 0.25) is 5.02 Å². The van der Waals surface area contributed by atoms with E-state index in [4.69, 9.17) is 11.6 Å². The van der Waals surface area contributed by atoms with Gasteiger partial charge in [0.05, 0.1) is 21.6 Å². The third-order valence-electron chi connectivity index (χ3n) is 3.75. The molecule has 0 saturated carbocycles. The summed E-state index contributed by atoms with van der Waals surface area (Å²) in [5.74, 6) is 0. The lowest BCUT2D eigenvalue weighted by Gasteiger charge is -2.10. The molecule has 0 aliphatic rings. The predicted octanol–water partition coefficient (Wildman–Crippen LogP) is 3.59. The lowest BCUT2D eigenvalue weighted by atomic mass is 10.2. The molecule has 22 heavy (non-hydrogen) atoms. The summed E-state index contributed by atoms with van der Waals surface area (Å²) in [6.45, 7) is 0. The highest BCUT2D eigenvalue weighted by molar-refractivity contribution is 6.35. The largest absolute Gasteiger partial charge is 0.464 e. The van der Waals surface area contributed by atoms with Crippen LogP contribution in [0.1, 0.15) is 0 Å². The summed E-state index contributed by atoms with van der Waals surface area (Å²) in [5, 5.41) is 10.6. The molecule has 2 heterocycles. The van der Waals surface area contributed by atoms with Gasteiger partial charge in [0, 0.05) is 5.39 Å². The number of nitrogens with zero attached hydrogens (tertiary/aromatic N) is 2. The van der Waals surface area contributed by atoms with Crippen molar-refractivity contribution >= 4 is 45.1 Å². The van der Waals surface area contributed by atoms with E-state index in [1.807, 2.05) is 24.3 Å². The minimum Gasteiger partial charge on any atom is -0.464 e. The number of hydrogen-bond donors (Lipinski definition) is 1. The standard InChI is InChI=1S/C16H9ClN2O3/c17-10-5-3-7-12-14(10)18-11-6-2-1-4-9(11)8-13(18)15(20)19(12)16(21)22/h1-8H,(H,21,22). The van der Waals surface area contributed by atoms with Crippen LogP contribution in [-0.4, -0.2) is 20.2 Å². The SMILES string of the molecule is O=C(O)n1c(=O)c2cc3ccccc3n2c2c(Cl)cccc21. The van der Waals surface area contributed by atoms with Crippen LogP contribution >= 0.6 is 11.6 Å². The molecule has 0 fully saturated rings. The fourth-order valence-corrected chi connectivity index (χ4v) is 3.13. The van der Waals surface area contributed by atoms with Gasteiger partial charge in [-0.3, -0.25) is 4.79 Å². The molecule has 1 N–H and O–H groups in total. The average Bonchev–Trinajstić information content (AvgIpc) is 2.87. The fraction of sp³-hybridized carbons (Fsp3) is 0. The molecule has 2 aromatic heterocycles. The Morgan fingerprint density at radius 1 is 1.00 bits per heavy atom. The zero-order chi connectivity index (χ0) is 15.4. The van der Waals surface area contributed by atoms with E-state index >= 15 is 0 Å². The van der Waals surface area contributed by atoms with E-state index in [9.17, 15) is 14.7 Å². The van der Waals surface area contributed by atoms with Crippen molar-refractivity contribution in [3.8, 4) is 0 Å². The second-order valence-electron chi connectivity index (χ2n) is 4.95. The van der Waals surface area contributed by atoms with E-state index in [-0.39, 0.29) is 11.0 Å². The van der Waals surface area contributed by atoms with Crippen LogP contribution in [-0.2, 0) is 0 Å². The molecule has 5 nitrogen and oxygen atoms in total. The second kappa shape index (κ2) is 4.35. The zero-order valence-corrected chi connectivity index (χ0v) is 11.9. The Morgan fingerprint density at radius 3 is 2.50 bits per heavy atom. The Balaban J connectivity index is 2.46. The number of hydrogen-bond acceptors (Lipinski definition) is 2. The van der Waals surface area contributed by atoms with Crippen LogP contribution in [0.15, 0.2) is 53.3 Å². The molecule has 6 heteroatoms. The maximum Gasteiger partial charge on any atom is 0.419 e. The molecule has 0 aliphatic carbocycles. The van der Waals surface area contributed by atoms with Crippen molar-refractivity contribution in [2.75, 3.05) is 0 Å². The van der Waals surface area contributed by atoms with Gasteiger partial charge in [-0.1, -0.05) is 35.9 Å². The van der Waals surface area contributed by atoms with E-state index < -0.39 is 11.7 Å². The minimum atomic E-state index is -1.33. The quantitative estimate of drug-likeness (QED) is 0.539. The Morgan fingerprint density at radius 2 is 1.73 bits per heavy atom. The third-order valence-corrected chi connectivity index (χ3v) is 4.06. The van der Waals surface area contributed by atoms with Gasteiger partial charge in [-0.15, -0.1) is 0 Å². The van der Waals surface area contributed by atoms with E-state index in [2.05, 4.69) is 0 Å². The number of carbonyl (C=O) groups is 1. The molecule has 0 aliphatic heterocycles. The van der Waals surface area contributed by atoms with Crippen LogP contribution in [0.25, 0.3) is 27.5 Å². The van der Waals surface area contributed by atoms with E-state index in [1.54, 1.807) is 28.7 Å². The zero-order valence-electron chi connectivity index (χ0n) is 11.2. The maximum absolute atomic E-state index is 12.6. The molecule has 0 radical (unpaired) electrons. The molecular weight excluding hydrogens is 304 g/mol. The van der Waals surface area contributed by atoms with Crippen molar-refractivity contribution < 1.29 is 9.90 Å². The lowest BCUT2D eigenvalue weighted by Crippen LogP contribution is -2.27. The molecule has 0 spiro atoms. The molecule has 0 atom stereocenters. The summed E-state index contributed by atoms with van der Waals surface area (Å²) in [7, 11) is 0. The number of rotatable bonds is 0. The molecule has 2 aromatic carbocycles. The monoisotopic (exact) mass is 312 g/mol. The van der Waals surface area contributed by atoms with Gasteiger partial charge in [0.1, 0.15) is 5.52 Å². The number of benzene rings is 2. The maximum atomic E-state index is 12.6. The van der Waals surface area contributed by atoms with Crippen LogP contribution < -0.4 is 5.56 Å². The fourth-order valence-electron chi connectivity index (χ4n) is 2.87. The highest BCUT2D eigenvalue weighted by Crippen LogP contribution is 2.28. The summed E-state index contributed by atoms with van der Waals surface area (Å²) >= 11 is 6.29. The number of fused-ring (bicyclic) bond motifs is 5. The first kappa shape index (κ1) is 12.9. The van der Waals surface area contributed by atoms with Gasteiger partial charge in [0.15, 0.2) is 0 Å². The number of carboxylic acid groups (broad SMARTS) is 1. The first-order chi connectivity index (χ1) is 10.6. The Labute approximate surface area is 128 Å². The van der Waals surface area contributed by atoms with Gasteiger partial charge >= 0.3 is 6.09 Å². The Bertz CT molecular complexity index is 1140. The predicted molar refractivity (Wildman–Crippen MR) is 85.1 cm³/mol. The normalized spacial score (nSPS) is 11.5. The number of para-hydroxylation sites is 2. The third kappa shape index (κ3) is 1.54. The summed E-state index contributed by atoms with van der Waals surface area (Å²) in [6.07, 6.45) is -1.33. The highest BCUT2D eigenvalue weighted by Gasteiger charge is 2.18. The van der Waals surface area contributed by atoms with Crippen LogP contribution in [0, 0.1) is 0 Å². The van der Waals surface area contributed by atoms with Gasteiger partial charge in [0.25, 0.3) is 5.56 Å². The summed E-state index contributed by atoms with van der Waals surface area (Å²) in [4.78, 5) is 24.1. The van der Waals surface area contributed by atoms with Gasteiger partial charge in [0.2, 0.25) is 0 Å². The average molecular weight is 313 g/mol. The first-order valence-corrected chi connectivity index (χ1v) is 6.94.